The lowest BCUT2D eigenvalue weighted by atomic mass is 9.89. The topological polar surface area (TPSA) is 75.7 Å². The second-order valence-electron chi connectivity index (χ2n) is 7.13. The smallest absolute Gasteiger partial charge is 0.325 e. The molecule has 0 radical (unpaired) electrons. The molecule has 2 heterocycles. The normalized spacial score (nSPS) is 22.0. The van der Waals surface area contributed by atoms with Crippen LogP contribution in [0.2, 0.25) is 0 Å². The minimum absolute atomic E-state index is 0.194. The fraction of sp³-hybridized carbons (Fsp3) is 0.526. The van der Waals surface area contributed by atoms with Crippen LogP contribution in [0.5, 0.6) is 0 Å². The van der Waals surface area contributed by atoms with E-state index in [1.807, 2.05) is 18.2 Å². The second kappa shape index (κ2) is 6.26. The zero-order valence-electron chi connectivity index (χ0n) is 14.2. The Labute approximate surface area is 146 Å². The highest BCUT2D eigenvalue weighted by Gasteiger charge is 2.52. The number of benzene rings is 1. The molecule has 6 heteroatoms. The van der Waals surface area contributed by atoms with Crippen LogP contribution in [0.1, 0.15) is 47.2 Å². The van der Waals surface area contributed by atoms with Crippen molar-refractivity contribution in [3.63, 3.8) is 0 Å². The second-order valence-corrected chi connectivity index (χ2v) is 7.13. The van der Waals surface area contributed by atoms with Crippen LogP contribution in [-0.4, -0.2) is 47.9 Å². The molecule has 1 aromatic carbocycles. The molecular weight excluding hydrogens is 320 g/mol. The third kappa shape index (κ3) is 2.84. The Morgan fingerprint density at radius 1 is 1.12 bits per heavy atom. The number of ketones is 1. The summed E-state index contributed by atoms with van der Waals surface area (Å²) in [6.45, 7) is 0.684. The minimum atomic E-state index is -0.883. The molecule has 3 aliphatic rings. The number of nitrogens with zero attached hydrogens (tertiary/aromatic N) is 1. The number of hydrogen-bond donors (Lipinski definition) is 1. The van der Waals surface area contributed by atoms with Crippen LogP contribution in [0.15, 0.2) is 18.2 Å². The van der Waals surface area contributed by atoms with Crippen LogP contribution in [0.4, 0.5) is 4.79 Å². The number of fused-ring (bicyclic) bond motifs is 1. The van der Waals surface area contributed by atoms with Gasteiger partial charge in [0.2, 0.25) is 0 Å². The van der Waals surface area contributed by atoms with E-state index >= 15 is 0 Å². The van der Waals surface area contributed by atoms with Gasteiger partial charge in [0.1, 0.15) is 5.54 Å². The highest BCUT2D eigenvalue weighted by molar-refractivity contribution is 6.11. The van der Waals surface area contributed by atoms with Crippen molar-refractivity contribution in [2.24, 2.45) is 0 Å². The Morgan fingerprint density at radius 2 is 1.84 bits per heavy atom. The number of carbonyl (C=O) groups excluding carboxylic acids is 3. The van der Waals surface area contributed by atoms with Crippen molar-refractivity contribution in [1.82, 2.24) is 10.2 Å². The highest BCUT2D eigenvalue weighted by atomic mass is 16.5. The monoisotopic (exact) mass is 342 g/mol. The predicted molar refractivity (Wildman–Crippen MR) is 90.4 cm³/mol. The SMILES string of the molecule is O=C(CN1C(=O)NC2(CCOCC2)C1=O)c1ccc2c(c1)CCCC2. The highest BCUT2D eigenvalue weighted by Crippen LogP contribution is 2.29. The molecule has 25 heavy (non-hydrogen) atoms. The van der Waals surface area contributed by atoms with E-state index in [2.05, 4.69) is 5.32 Å². The molecule has 2 fully saturated rings. The summed E-state index contributed by atoms with van der Waals surface area (Å²) in [5, 5.41) is 2.78. The lowest BCUT2D eigenvalue weighted by Crippen LogP contribution is -2.51. The number of imide groups is 1. The van der Waals surface area contributed by atoms with Gasteiger partial charge in [-0.05, 0) is 42.9 Å². The summed E-state index contributed by atoms with van der Waals surface area (Å²) in [4.78, 5) is 38.7. The van der Waals surface area contributed by atoms with Crippen LogP contribution in [0.25, 0.3) is 0 Å². The third-order valence-electron chi connectivity index (χ3n) is 5.56. The average molecular weight is 342 g/mol. The number of urea groups is 1. The summed E-state index contributed by atoms with van der Waals surface area (Å²) in [5.74, 6) is -0.493. The largest absolute Gasteiger partial charge is 0.381 e. The fourth-order valence-corrected chi connectivity index (χ4v) is 4.02. The number of ether oxygens (including phenoxy) is 1. The van der Waals surface area contributed by atoms with Crippen LogP contribution in [0.3, 0.4) is 0 Å². The molecule has 1 aromatic rings. The van der Waals surface area contributed by atoms with E-state index in [0.29, 0.717) is 31.6 Å². The van der Waals surface area contributed by atoms with Crippen LogP contribution in [-0.2, 0) is 22.4 Å². The van der Waals surface area contributed by atoms with Crippen molar-refractivity contribution in [3.8, 4) is 0 Å². The third-order valence-corrected chi connectivity index (χ3v) is 5.56. The van der Waals surface area contributed by atoms with Gasteiger partial charge in [-0.2, -0.15) is 0 Å². The number of aryl methyl sites for hydroxylation is 2. The molecule has 1 N–H and O–H groups in total. The molecule has 0 bridgehead atoms. The number of Topliss-reactive ketones (excluding diaryl/α,β-unsaturated/α-hetero) is 1. The van der Waals surface area contributed by atoms with Crippen molar-refractivity contribution in [2.45, 2.75) is 44.1 Å². The molecule has 3 amide bonds. The molecule has 0 unspecified atom stereocenters. The predicted octanol–water partition coefficient (Wildman–Crippen LogP) is 1.85. The molecule has 132 valence electrons. The summed E-state index contributed by atoms with van der Waals surface area (Å²) in [5.41, 5.74) is 2.22. The van der Waals surface area contributed by atoms with Gasteiger partial charge in [0, 0.05) is 31.6 Å². The fourth-order valence-electron chi connectivity index (χ4n) is 4.02. The molecule has 0 atom stereocenters. The van der Waals surface area contributed by atoms with E-state index in [-0.39, 0.29) is 18.2 Å². The van der Waals surface area contributed by atoms with Crippen molar-refractivity contribution in [2.75, 3.05) is 19.8 Å². The van der Waals surface area contributed by atoms with Gasteiger partial charge in [-0.1, -0.05) is 12.1 Å². The Bertz CT molecular complexity index is 737. The van der Waals surface area contributed by atoms with Gasteiger partial charge in [0.05, 0.1) is 6.54 Å². The zero-order valence-corrected chi connectivity index (χ0v) is 14.2. The summed E-state index contributed by atoms with van der Waals surface area (Å²) in [7, 11) is 0. The first-order valence-electron chi connectivity index (χ1n) is 8.96. The molecule has 1 spiro atoms. The van der Waals surface area contributed by atoms with Gasteiger partial charge >= 0.3 is 6.03 Å². The first kappa shape index (κ1) is 16.3. The van der Waals surface area contributed by atoms with E-state index in [1.54, 1.807) is 0 Å². The first-order chi connectivity index (χ1) is 12.1. The minimum Gasteiger partial charge on any atom is -0.381 e. The van der Waals surface area contributed by atoms with Gasteiger partial charge < -0.3 is 10.1 Å². The van der Waals surface area contributed by atoms with Gasteiger partial charge in [0.25, 0.3) is 5.91 Å². The Kier molecular flexibility index (Phi) is 4.07. The summed E-state index contributed by atoms with van der Waals surface area (Å²) < 4.78 is 5.29. The average Bonchev–Trinajstić information content (AvgIpc) is 2.86. The van der Waals surface area contributed by atoms with E-state index in [4.69, 9.17) is 4.74 Å². The molecular formula is C19H22N2O4. The Balaban J connectivity index is 1.51. The van der Waals surface area contributed by atoms with E-state index in [9.17, 15) is 14.4 Å². The molecule has 2 aliphatic heterocycles. The number of amides is 3. The standard InChI is InChI=1S/C19H22N2O4/c22-16(15-6-5-13-3-1-2-4-14(13)11-15)12-21-17(23)19(20-18(21)24)7-9-25-10-8-19/h5-6,11H,1-4,7-10,12H2,(H,20,24). The molecule has 0 aromatic heterocycles. The molecule has 6 nitrogen and oxygen atoms in total. The van der Waals surface area contributed by atoms with E-state index in [0.717, 1.165) is 24.2 Å². The lowest BCUT2D eigenvalue weighted by Gasteiger charge is -2.30. The molecule has 2 saturated heterocycles. The molecule has 0 saturated carbocycles. The maximum atomic E-state index is 12.7. The van der Waals surface area contributed by atoms with Crippen molar-refractivity contribution in [1.29, 1.82) is 0 Å². The van der Waals surface area contributed by atoms with Gasteiger partial charge in [-0.25, -0.2) is 4.79 Å². The van der Waals surface area contributed by atoms with Crippen molar-refractivity contribution >= 4 is 17.7 Å². The summed E-state index contributed by atoms with van der Waals surface area (Å²) >= 11 is 0. The number of nitrogens with one attached hydrogen (secondary N) is 1. The van der Waals surface area contributed by atoms with Gasteiger partial charge in [0.15, 0.2) is 5.78 Å². The van der Waals surface area contributed by atoms with Gasteiger partial charge in [-0.15, -0.1) is 0 Å². The Morgan fingerprint density at radius 3 is 2.60 bits per heavy atom. The number of rotatable bonds is 3. The van der Waals surface area contributed by atoms with Gasteiger partial charge in [-0.3, -0.25) is 14.5 Å². The van der Waals surface area contributed by atoms with Crippen molar-refractivity contribution < 1.29 is 19.1 Å². The molecule has 4 rings (SSSR count). The van der Waals surface area contributed by atoms with E-state index < -0.39 is 11.6 Å². The first-order valence-corrected chi connectivity index (χ1v) is 8.96. The number of hydrogen-bond acceptors (Lipinski definition) is 4. The quantitative estimate of drug-likeness (QED) is 0.672. The molecule has 1 aliphatic carbocycles. The summed E-state index contributed by atoms with van der Waals surface area (Å²) in [6.07, 6.45) is 5.29. The Hall–Kier alpha value is -2.21. The van der Waals surface area contributed by atoms with Crippen molar-refractivity contribution in [3.05, 3.63) is 34.9 Å². The lowest BCUT2D eigenvalue weighted by molar-refractivity contribution is -0.134. The zero-order chi connectivity index (χ0) is 17.4. The van der Waals surface area contributed by atoms with Crippen LogP contribution >= 0.6 is 0 Å². The van der Waals surface area contributed by atoms with Crippen LogP contribution in [0, 0.1) is 0 Å². The summed E-state index contributed by atoms with van der Waals surface area (Å²) in [6, 6.07) is 5.28. The van der Waals surface area contributed by atoms with E-state index in [1.165, 1.54) is 17.5 Å². The maximum Gasteiger partial charge on any atom is 0.325 e. The maximum absolute atomic E-state index is 12.7. The van der Waals surface area contributed by atoms with Crippen LogP contribution < -0.4 is 5.32 Å². The number of carbonyl (C=O) groups is 3.